The fourth-order valence-corrected chi connectivity index (χ4v) is 3.92. The summed E-state index contributed by atoms with van der Waals surface area (Å²) < 4.78 is 32.2. The molecule has 1 atom stereocenters. The Labute approximate surface area is 179 Å². The first-order valence-corrected chi connectivity index (χ1v) is 10.1. The maximum Gasteiger partial charge on any atom is 0.244 e. The molecule has 1 aliphatic heterocycles. The minimum atomic E-state index is -0.469. The molecule has 1 aliphatic rings. The lowest BCUT2D eigenvalue weighted by Gasteiger charge is -2.39. The van der Waals surface area contributed by atoms with Crippen molar-refractivity contribution < 1.29 is 18.3 Å². The van der Waals surface area contributed by atoms with Gasteiger partial charge in [0, 0.05) is 56.2 Å². The Morgan fingerprint density at radius 2 is 1.77 bits per heavy atom. The largest absolute Gasteiger partial charge is 0.383 e. The predicted octanol–water partition coefficient (Wildman–Crippen LogP) is 3.29. The van der Waals surface area contributed by atoms with Gasteiger partial charge < -0.3 is 15.0 Å². The predicted molar refractivity (Wildman–Crippen MR) is 116 cm³/mol. The highest BCUT2D eigenvalue weighted by atomic mass is 19.1. The molecule has 0 spiro atoms. The number of piperazine rings is 1. The van der Waals surface area contributed by atoms with Gasteiger partial charge in [-0.1, -0.05) is 0 Å². The van der Waals surface area contributed by atoms with Gasteiger partial charge in [0.2, 0.25) is 5.91 Å². The molecule has 0 radical (unpaired) electrons. The van der Waals surface area contributed by atoms with Gasteiger partial charge in [0.1, 0.15) is 17.7 Å². The van der Waals surface area contributed by atoms with Crippen LogP contribution >= 0.6 is 0 Å². The minimum Gasteiger partial charge on any atom is -0.383 e. The highest BCUT2D eigenvalue weighted by Crippen LogP contribution is 2.27. The zero-order valence-corrected chi connectivity index (χ0v) is 17.2. The number of hydrogen-bond donors (Lipinski definition) is 1. The third-order valence-corrected chi connectivity index (χ3v) is 5.52. The average molecular weight is 426 g/mol. The summed E-state index contributed by atoms with van der Waals surface area (Å²) in [6.07, 6.45) is 1.73. The van der Waals surface area contributed by atoms with Crippen molar-refractivity contribution in [3.8, 4) is 0 Å². The zero-order valence-electron chi connectivity index (χ0n) is 17.2. The lowest BCUT2D eigenvalue weighted by Crippen LogP contribution is -2.55. The number of ether oxygens (including phenoxy) is 1. The number of rotatable bonds is 6. The molecule has 0 saturated carbocycles. The summed E-state index contributed by atoms with van der Waals surface area (Å²) >= 11 is 0. The van der Waals surface area contributed by atoms with E-state index in [0.29, 0.717) is 31.9 Å². The van der Waals surface area contributed by atoms with Crippen molar-refractivity contribution >= 4 is 28.2 Å². The van der Waals surface area contributed by atoms with Gasteiger partial charge in [0.15, 0.2) is 0 Å². The van der Waals surface area contributed by atoms with Crippen molar-refractivity contribution in [3.05, 3.63) is 66.4 Å². The summed E-state index contributed by atoms with van der Waals surface area (Å²) in [7, 11) is 1.56. The molecule has 2 aromatic carbocycles. The number of amides is 1. The molecule has 6 nitrogen and oxygen atoms in total. The molecule has 4 rings (SSSR count). The third-order valence-electron chi connectivity index (χ3n) is 5.52. The molecule has 1 aromatic heterocycles. The third kappa shape index (κ3) is 4.81. The van der Waals surface area contributed by atoms with E-state index in [9.17, 15) is 13.6 Å². The summed E-state index contributed by atoms with van der Waals surface area (Å²) in [6, 6.07) is 11.7. The number of hydrogen-bond acceptors (Lipinski definition) is 5. The second-order valence-electron chi connectivity index (χ2n) is 7.48. The second-order valence-corrected chi connectivity index (χ2v) is 7.48. The number of nitrogens with zero attached hydrogens (tertiary/aromatic N) is 3. The van der Waals surface area contributed by atoms with Crippen molar-refractivity contribution in [1.82, 2.24) is 9.88 Å². The van der Waals surface area contributed by atoms with E-state index in [1.165, 1.54) is 36.4 Å². The number of fused-ring (bicyclic) bond motifs is 1. The fourth-order valence-electron chi connectivity index (χ4n) is 3.92. The van der Waals surface area contributed by atoms with E-state index in [0.717, 1.165) is 16.6 Å². The van der Waals surface area contributed by atoms with Crippen LogP contribution < -0.4 is 10.2 Å². The normalized spacial score (nSPS) is 15.8. The number of benzene rings is 2. The molecule has 1 amide bonds. The Morgan fingerprint density at radius 3 is 2.48 bits per heavy atom. The van der Waals surface area contributed by atoms with E-state index in [4.69, 9.17) is 4.74 Å². The number of halogens is 2. The quantitative estimate of drug-likeness (QED) is 0.656. The number of nitrogens with one attached hydrogen (secondary N) is 1. The minimum absolute atomic E-state index is 0.196. The smallest absolute Gasteiger partial charge is 0.244 e. The first-order valence-electron chi connectivity index (χ1n) is 10.1. The maximum absolute atomic E-state index is 13.8. The van der Waals surface area contributed by atoms with E-state index in [1.807, 2.05) is 6.07 Å². The van der Waals surface area contributed by atoms with Crippen molar-refractivity contribution in [3.63, 3.8) is 0 Å². The average Bonchev–Trinajstić information content (AvgIpc) is 2.78. The Hall–Kier alpha value is -3.10. The molecule has 3 aromatic rings. The Balaban J connectivity index is 1.45. The van der Waals surface area contributed by atoms with Crippen LogP contribution in [0.2, 0.25) is 0 Å². The van der Waals surface area contributed by atoms with E-state index >= 15 is 0 Å². The molecule has 1 fully saturated rings. The number of aromatic nitrogens is 1. The van der Waals surface area contributed by atoms with Gasteiger partial charge in [-0.3, -0.25) is 14.7 Å². The fraction of sp³-hybridized carbons (Fsp3) is 0.304. The van der Waals surface area contributed by atoms with Gasteiger partial charge in [-0.05, 0) is 48.5 Å². The number of anilines is 2. The Bertz CT molecular complexity index is 1050. The lowest BCUT2D eigenvalue weighted by atomic mass is 10.1. The van der Waals surface area contributed by atoms with Gasteiger partial charge in [-0.25, -0.2) is 8.78 Å². The number of methoxy groups -OCH3 is 1. The van der Waals surface area contributed by atoms with Crippen molar-refractivity contribution in [2.75, 3.05) is 50.1 Å². The van der Waals surface area contributed by atoms with Gasteiger partial charge in [0.05, 0.1) is 12.1 Å². The van der Waals surface area contributed by atoms with Crippen LogP contribution in [0.5, 0.6) is 0 Å². The van der Waals surface area contributed by atoms with Crippen LogP contribution in [0.4, 0.5) is 20.2 Å². The van der Waals surface area contributed by atoms with Gasteiger partial charge in [0.25, 0.3) is 0 Å². The van der Waals surface area contributed by atoms with Crippen LogP contribution in [-0.2, 0) is 9.53 Å². The van der Waals surface area contributed by atoms with E-state index in [1.54, 1.807) is 19.4 Å². The van der Waals surface area contributed by atoms with Crippen LogP contribution in [0.15, 0.2) is 54.7 Å². The molecule has 0 bridgehead atoms. The van der Waals surface area contributed by atoms with Crippen LogP contribution in [0, 0.1) is 11.6 Å². The van der Waals surface area contributed by atoms with Gasteiger partial charge in [-0.2, -0.15) is 0 Å². The van der Waals surface area contributed by atoms with E-state index in [2.05, 4.69) is 20.1 Å². The van der Waals surface area contributed by atoms with Crippen LogP contribution in [0.25, 0.3) is 10.9 Å². The first-order chi connectivity index (χ1) is 15.0. The van der Waals surface area contributed by atoms with E-state index < -0.39 is 6.04 Å². The molecule has 1 unspecified atom stereocenters. The molecule has 2 heterocycles. The monoisotopic (exact) mass is 426 g/mol. The highest BCUT2D eigenvalue weighted by Gasteiger charge is 2.29. The van der Waals surface area contributed by atoms with Gasteiger partial charge in [-0.15, -0.1) is 0 Å². The van der Waals surface area contributed by atoms with E-state index in [-0.39, 0.29) is 24.1 Å². The summed E-state index contributed by atoms with van der Waals surface area (Å²) in [5, 5.41) is 3.61. The lowest BCUT2D eigenvalue weighted by molar-refractivity contribution is -0.123. The summed E-state index contributed by atoms with van der Waals surface area (Å²) in [6.45, 7) is 2.89. The highest BCUT2D eigenvalue weighted by molar-refractivity contribution is 5.95. The van der Waals surface area contributed by atoms with Crippen LogP contribution in [0.3, 0.4) is 0 Å². The molecule has 31 heavy (non-hydrogen) atoms. The molecule has 1 N–H and O–H groups in total. The van der Waals surface area contributed by atoms with Crippen LogP contribution in [0.1, 0.15) is 0 Å². The molecule has 162 valence electrons. The first kappa shape index (κ1) is 21.1. The van der Waals surface area contributed by atoms with Crippen LogP contribution in [-0.4, -0.2) is 61.7 Å². The molecule has 8 heteroatoms. The molecular formula is C23H24F2N4O2. The zero-order chi connectivity index (χ0) is 21.8. The molecular weight excluding hydrogens is 402 g/mol. The molecule has 0 aliphatic carbocycles. The number of carbonyl (C=O) groups excluding carboxylic acids is 1. The summed E-state index contributed by atoms with van der Waals surface area (Å²) in [5.74, 6) is -0.845. The van der Waals surface area contributed by atoms with Gasteiger partial charge >= 0.3 is 0 Å². The second kappa shape index (κ2) is 9.36. The Morgan fingerprint density at radius 1 is 1.06 bits per heavy atom. The number of carbonyl (C=O) groups is 1. The van der Waals surface area contributed by atoms with Crippen molar-refractivity contribution in [1.29, 1.82) is 0 Å². The molecule has 1 saturated heterocycles. The summed E-state index contributed by atoms with van der Waals surface area (Å²) in [5.41, 5.74) is 2.22. The topological polar surface area (TPSA) is 57.7 Å². The summed E-state index contributed by atoms with van der Waals surface area (Å²) in [4.78, 5) is 21.4. The number of pyridine rings is 1. The van der Waals surface area contributed by atoms with Crippen molar-refractivity contribution in [2.24, 2.45) is 0 Å². The Kier molecular flexibility index (Phi) is 6.39. The standard InChI is InChI=1S/C23H24F2N4O2/c1-31-15-22(23(30)27-18-5-2-16(24)3-6-18)29-12-10-28(11-13-29)21-8-9-26-20-7-4-17(25)14-19(20)21/h2-9,14,22H,10-13,15H2,1H3,(H,27,30). The van der Waals surface area contributed by atoms with Crippen molar-refractivity contribution in [2.45, 2.75) is 6.04 Å². The SMILES string of the molecule is COCC(C(=O)Nc1ccc(F)cc1)N1CCN(c2ccnc3ccc(F)cc23)CC1. The maximum atomic E-state index is 13.8.